The number of piperidine rings is 1. The fourth-order valence-corrected chi connectivity index (χ4v) is 4.81. The zero-order chi connectivity index (χ0) is 16.5. The molecule has 2 rings (SSSR count). The van der Waals surface area contributed by atoms with Crippen LogP contribution in [0.4, 0.5) is 0 Å². The minimum absolute atomic E-state index is 0.127. The van der Waals surface area contributed by atoms with E-state index in [4.69, 9.17) is 4.74 Å². The maximum absolute atomic E-state index is 12.9. The minimum Gasteiger partial charge on any atom is -0.545 e. The molecule has 0 radical (unpaired) electrons. The summed E-state index contributed by atoms with van der Waals surface area (Å²) in [7, 11) is -2.45. The Bertz CT molecular complexity index is 661. The van der Waals surface area contributed by atoms with Crippen molar-refractivity contribution in [2.24, 2.45) is 11.8 Å². The van der Waals surface area contributed by atoms with Crippen molar-refractivity contribution in [3.63, 3.8) is 0 Å². The SMILES string of the molecule is COc1ccc(C(=O)[O-])cc1S(=O)(=O)N1C[C@@H](C)C[C@H](C)C1. The Morgan fingerprint density at radius 2 is 1.86 bits per heavy atom. The molecular formula is C15H20NO5S-. The van der Waals surface area contributed by atoms with Crippen LogP contribution in [0.5, 0.6) is 5.75 Å². The summed E-state index contributed by atoms with van der Waals surface area (Å²) in [6.45, 7) is 4.86. The largest absolute Gasteiger partial charge is 0.545 e. The van der Waals surface area contributed by atoms with Crippen LogP contribution < -0.4 is 9.84 Å². The van der Waals surface area contributed by atoms with Gasteiger partial charge in [0, 0.05) is 13.1 Å². The Hall–Kier alpha value is -1.60. The highest BCUT2D eigenvalue weighted by atomic mass is 32.2. The molecule has 1 aromatic carbocycles. The van der Waals surface area contributed by atoms with Gasteiger partial charge < -0.3 is 14.6 Å². The molecule has 1 saturated heterocycles. The van der Waals surface area contributed by atoms with Gasteiger partial charge in [0.2, 0.25) is 10.0 Å². The lowest BCUT2D eigenvalue weighted by Crippen LogP contribution is -2.42. The molecule has 1 aliphatic rings. The fourth-order valence-electron chi connectivity index (χ4n) is 2.95. The van der Waals surface area contributed by atoms with Gasteiger partial charge in [0.15, 0.2) is 0 Å². The van der Waals surface area contributed by atoms with Gasteiger partial charge in [-0.25, -0.2) is 8.42 Å². The van der Waals surface area contributed by atoms with Crippen LogP contribution in [0.1, 0.15) is 30.6 Å². The third-order valence-corrected chi connectivity index (χ3v) is 5.71. The molecule has 0 saturated carbocycles. The first-order valence-electron chi connectivity index (χ1n) is 7.15. The van der Waals surface area contributed by atoms with Gasteiger partial charge in [-0.3, -0.25) is 0 Å². The van der Waals surface area contributed by atoms with Gasteiger partial charge in [-0.15, -0.1) is 0 Å². The number of sulfonamides is 1. The van der Waals surface area contributed by atoms with E-state index in [0.29, 0.717) is 13.1 Å². The van der Waals surface area contributed by atoms with E-state index >= 15 is 0 Å². The lowest BCUT2D eigenvalue weighted by Gasteiger charge is -2.34. The third kappa shape index (κ3) is 3.25. The molecule has 0 N–H and O–H groups in total. The summed E-state index contributed by atoms with van der Waals surface area (Å²) >= 11 is 0. The highest BCUT2D eigenvalue weighted by Gasteiger charge is 2.33. The predicted molar refractivity (Wildman–Crippen MR) is 79.0 cm³/mol. The summed E-state index contributed by atoms with van der Waals surface area (Å²) in [4.78, 5) is 10.9. The average molecular weight is 326 g/mol. The van der Waals surface area contributed by atoms with Gasteiger partial charge in [-0.05, 0) is 42.0 Å². The Kier molecular flexibility index (Phi) is 4.77. The van der Waals surface area contributed by atoms with E-state index in [1.54, 1.807) is 0 Å². The van der Waals surface area contributed by atoms with Crippen LogP contribution in [0.3, 0.4) is 0 Å². The molecule has 0 spiro atoms. The fraction of sp³-hybridized carbons (Fsp3) is 0.533. The van der Waals surface area contributed by atoms with Crippen LogP contribution >= 0.6 is 0 Å². The molecule has 1 aliphatic heterocycles. The number of carboxylic acids is 1. The number of hydrogen-bond donors (Lipinski definition) is 0. The second-order valence-corrected chi connectivity index (χ2v) is 7.83. The highest BCUT2D eigenvalue weighted by Crippen LogP contribution is 2.31. The monoisotopic (exact) mass is 326 g/mol. The first-order chi connectivity index (χ1) is 10.3. The van der Waals surface area contributed by atoms with Gasteiger partial charge >= 0.3 is 0 Å². The molecule has 0 bridgehead atoms. The summed E-state index contributed by atoms with van der Waals surface area (Å²) in [6.07, 6.45) is 0.974. The zero-order valence-corrected chi connectivity index (χ0v) is 13.7. The molecule has 122 valence electrons. The number of ether oxygens (including phenoxy) is 1. The number of benzene rings is 1. The number of aromatic carboxylic acids is 1. The van der Waals surface area contributed by atoms with Crippen LogP contribution in [-0.4, -0.2) is 38.9 Å². The summed E-state index contributed by atoms with van der Waals surface area (Å²) in [5, 5.41) is 11.0. The second kappa shape index (κ2) is 6.26. The lowest BCUT2D eigenvalue weighted by atomic mass is 9.94. The molecule has 6 nitrogen and oxygen atoms in total. The van der Waals surface area contributed by atoms with Crippen LogP contribution in [0.2, 0.25) is 0 Å². The number of rotatable bonds is 4. The molecule has 0 aromatic heterocycles. The predicted octanol–water partition coefficient (Wildman–Crippen LogP) is 0.725. The van der Waals surface area contributed by atoms with E-state index in [1.807, 2.05) is 13.8 Å². The summed E-state index contributed by atoms with van der Waals surface area (Å²) in [6, 6.07) is 3.72. The van der Waals surface area contributed by atoms with E-state index in [0.717, 1.165) is 12.5 Å². The average Bonchev–Trinajstić information content (AvgIpc) is 2.45. The molecule has 2 atom stereocenters. The molecule has 1 heterocycles. The highest BCUT2D eigenvalue weighted by molar-refractivity contribution is 7.89. The maximum Gasteiger partial charge on any atom is 0.246 e. The quantitative estimate of drug-likeness (QED) is 0.814. The maximum atomic E-state index is 12.9. The Morgan fingerprint density at radius 1 is 1.27 bits per heavy atom. The van der Waals surface area contributed by atoms with Crippen LogP contribution in [0.15, 0.2) is 23.1 Å². The van der Waals surface area contributed by atoms with Crippen molar-refractivity contribution in [1.82, 2.24) is 4.31 Å². The van der Waals surface area contributed by atoms with Crippen molar-refractivity contribution in [3.8, 4) is 5.75 Å². The summed E-state index contributed by atoms with van der Waals surface area (Å²) in [5.74, 6) is -0.766. The van der Waals surface area contributed by atoms with Gasteiger partial charge in [0.05, 0.1) is 13.1 Å². The van der Waals surface area contributed by atoms with Crippen LogP contribution in [-0.2, 0) is 10.0 Å². The molecule has 7 heteroatoms. The van der Waals surface area contributed by atoms with Gasteiger partial charge in [-0.2, -0.15) is 4.31 Å². The van der Waals surface area contributed by atoms with Crippen molar-refractivity contribution >= 4 is 16.0 Å². The summed E-state index contributed by atoms with van der Waals surface area (Å²) < 4.78 is 32.2. The molecular weight excluding hydrogens is 306 g/mol. The topological polar surface area (TPSA) is 86.7 Å². The van der Waals surface area contributed by atoms with Gasteiger partial charge in [-0.1, -0.05) is 13.8 Å². The molecule has 0 unspecified atom stereocenters. The lowest BCUT2D eigenvalue weighted by molar-refractivity contribution is -0.255. The molecule has 1 aromatic rings. The number of carboxylic acid groups (broad SMARTS) is 1. The third-order valence-electron chi connectivity index (χ3n) is 3.85. The molecule has 22 heavy (non-hydrogen) atoms. The Morgan fingerprint density at radius 3 is 2.36 bits per heavy atom. The zero-order valence-electron chi connectivity index (χ0n) is 12.9. The van der Waals surface area contributed by atoms with E-state index in [-0.39, 0.29) is 28.0 Å². The smallest absolute Gasteiger partial charge is 0.246 e. The number of hydrogen-bond acceptors (Lipinski definition) is 5. The number of nitrogens with zero attached hydrogens (tertiary/aromatic N) is 1. The number of carbonyl (C=O) groups is 1. The van der Waals surface area contributed by atoms with Crippen molar-refractivity contribution < 1.29 is 23.1 Å². The van der Waals surface area contributed by atoms with Crippen molar-refractivity contribution in [1.29, 1.82) is 0 Å². The number of methoxy groups -OCH3 is 1. The van der Waals surface area contributed by atoms with Crippen molar-refractivity contribution in [2.75, 3.05) is 20.2 Å². The van der Waals surface area contributed by atoms with Gasteiger partial charge in [0.25, 0.3) is 0 Å². The van der Waals surface area contributed by atoms with E-state index in [9.17, 15) is 18.3 Å². The minimum atomic E-state index is -3.81. The standard InChI is InChI=1S/C15H21NO5S/c1-10-6-11(2)9-16(8-10)22(19,20)14-7-12(15(17)18)4-5-13(14)21-3/h4-5,7,10-11H,6,8-9H2,1-3H3,(H,17,18)/p-1/t10-,11-/m0/s1. The van der Waals surface area contributed by atoms with Crippen molar-refractivity contribution in [2.45, 2.75) is 25.2 Å². The van der Waals surface area contributed by atoms with Crippen molar-refractivity contribution in [3.05, 3.63) is 23.8 Å². The van der Waals surface area contributed by atoms with Crippen LogP contribution in [0, 0.1) is 11.8 Å². The Labute approximate surface area is 130 Å². The van der Waals surface area contributed by atoms with Crippen LogP contribution in [0.25, 0.3) is 0 Å². The van der Waals surface area contributed by atoms with Gasteiger partial charge in [0.1, 0.15) is 10.6 Å². The van der Waals surface area contributed by atoms with E-state index < -0.39 is 16.0 Å². The normalized spacial score (nSPS) is 23.2. The first kappa shape index (κ1) is 16.8. The first-order valence-corrected chi connectivity index (χ1v) is 8.59. The molecule has 0 aliphatic carbocycles. The molecule has 0 amide bonds. The molecule has 1 fully saturated rings. The number of carbonyl (C=O) groups excluding carboxylic acids is 1. The Balaban J connectivity index is 2.48. The van der Waals surface area contributed by atoms with E-state index in [2.05, 4.69) is 0 Å². The summed E-state index contributed by atoms with van der Waals surface area (Å²) in [5.41, 5.74) is -0.183. The van der Waals surface area contributed by atoms with E-state index in [1.165, 1.54) is 23.5 Å². The second-order valence-electron chi connectivity index (χ2n) is 5.92.